The first-order valence-corrected chi connectivity index (χ1v) is 22.1. The molecule has 2 N–H and O–H groups in total. The number of non-ortho nitro benzene ring substituents is 2. The summed E-state index contributed by atoms with van der Waals surface area (Å²) < 4.78 is 81.0. The molecule has 0 aliphatic carbocycles. The van der Waals surface area contributed by atoms with Crippen molar-refractivity contribution in [3.05, 3.63) is 184 Å². The Labute approximate surface area is 376 Å². The molecule has 0 aliphatic heterocycles. The molecule has 0 saturated carbocycles. The van der Waals surface area contributed by atoms with E-state index in [1.54, 1.807) is 0 Å². The number of fused-ring (bicyclic) bond motifs is 2. The molecule has 0 radical (unpaired) electrons. The second-order valence-electron chi connectivity index (χ2n) is 14.0. The molecule has 0 fully saturated rings. The maximum absolute atomic E-state index is 13.6. The number of nitro benzene ring substituents is 2. The predicted octanol–water partition coefficient (Wildman–Crippen LogP) is 6.21. The molecule has 340 valence electrons. The smallest absolute Gasteiger partial charge is 0.282 e. The number of phenolic OH excluding ortho intramolecular Hbond substituents is 2. The molecule has 8 rings (SSSR count). The van der Waals surface area contributed by atoms with Gasteiger partial charge < -0.3 is 19.7 Å². The molecule has 6 aromatic carbocycles. The van der Waals surface area contributed by atoms with E-state index in [0.717, 1.165) is 78.2 Å². The van der Waals surface area contributed by atoms with Crippen LogP contribution in [0.15, 0.2) is 141 Å². The molecular formula is C42H32ClFN6O14S2. The zero-order valence-corrected chi connectivity index (χ0v) is 36.4. The van der Waals surface area contributed by atoms with Gasteiger partial charge in [0, 0.05) is 40.4 Å². The summed E-state index contributed by atoms with van der Waals surface area (Å²) in [7, 11) is -5.93. The highest BCUT2D eigenvalue weighted by atomic mass is 35.5. The molecule has 0 atom stereocenters. The van der Waals surface area contributed by atoms with E-state index in [0.29, 0.717) is 16.5 Å². The molecular weight excluding hydrogens is 931 g/mol. The zero-order chi connectivity index (χ0) is 47.8. The summed E-state index contributed by atoms with van der Waals surface area (Å²) in [5.74, 6) is -0.686. The standard InChI is InChI=1S/C21H16ClN3O7S.C21H16FN3O7S/c2*1-32-16-5-8-19-18(11-16)21(27)23(12-13-10-15(25(28)29)4-9-20(13)26)24(19)33(30,31)17-6-2-14(22)3-7-17/h2*2-11,26H,12H2,1H3. The number of ether oxygens (including phenoxy) is 2. The summed E-state index contributed by atoms with van der Waals surface area (Å²) in [5.41, 5.74) is -2.06. The molecule has 0 unspecified atom stereocenters. The van der Waals surface area contributed by atoms with Crippen molar-refractivity contribution in [2.75, 3.05) is 14.2 Å². The summed E-state index contributed by atoms with van der Waals surface area (Å²) in [6.07, 6.45) is 0. The van der Waals surface area contributed by atoms with Crippen LogP contribution in [0.2, 0.25) is 5.02 Å². The van der Waals surface area contributed by atoms with Crippen molar-refractivity contribution in [2.45, 2.75) is 22.9 Å². The minimum Gasteiger partial charge on any atom is -0.508 e. The molecule has 8 aromatic rings. The van der Waals surface area contributed by atoms with E-state index in [2.05, 4.69) is 0 Å². The topological polar surface area (TPSA) is 267 Å². The monoisotopic (exact) mass is 962 g/mol. The summed E-state index contributed by atoms with van der Waals surface area (Å²) in [6, 6.07) is 24.5. The third-order valence-electron chi connectivity index (χ3n) is 10.1. The van der Waals surface area contributed by atoms with Gasteiger partial charge in [0.1, 0.15) is 28.8 Å². The van der Waals surface area contributed by atoms with Gasteiger partial charge in [-0.05, 0) is 97.1 Å². The van der Waals surface area contributed by atoms with E-state index < -0.39 is 59.9 Å². The van der Waals surface area contributed by atoms with Gasteiger partial charge in [-0.2, -0.15) is 25.0 Å². The molecule has 20 nitrogen and oxygen atoms in total. The average molecular weight is 963 g/mol. The van der Waals surface area contributed by atoms with Crippen LogP contribution in [0.5, 0.6) is 23.0 Å². The number of methoxy groups -OCH3 is 2. The summed E-state index contributed by atoms with van der Waals surface area (Å²) in [4.78, 5) is 47.1. The Morgan fingerprint density at radius 1 is 0.591 bits per heavy atom. The number of rotatable bonds is 12. The van der Waals surface area contributed by atoms with Gasteiger partial charge in [-0.25, -0.2) is 13.8 Å². The normalized spacial score (nSPS) is 11.6. The molecule has 66 heavy (non-hydrogen) atoms. The van der Waals surface area contributed by atoms with Crippen LogP contribution in [0.3, 0.4) is 0 Å². The highest BCUT2D eigenvalue weighted by Gasteiger charge is 2.29. The molecule has 0 aliphatic rings. The Hall–Kier alpha value is -8.02. The third kappa shape index (κ3) is 8.64. The van der Waals surface area contributed by atoms with Gasteiger partial charge in [0.05, 0.1) is 68.8 Å². The lowest BCUT2D eigenvalue weighted by Crippen LogP contribution is -2.28. The van der Waals surface area contributed by atoms with E-state index in [4.69, 9.17) is 21.1 Å². The lowest BCUT2D eigenvalue weighted by atomic mass is 10.2. The van der Waals surface area contributed by atoms with Crippen molar-refractivity contribution in [1.29, 1.82) is 0 Å². The fourth-order valence-corrected chi connectivity index (χ4v) is 9.92. The maximum Gasteiger partial charge on any atom is 0.282 e. The average Bonchev–Trinajstić information content (AvgIpc) is 3.73. The van der Waals surface area contributed by atoms with Gasteiger partial charge in [-0.15, -0.1) is 0 Å². The number of benzene rings is 6. The first-order valence-electron chi connectivity index (χ1n) is 18.8. The SMILES string of the molecule is COc1ccc2c(c1)c(=O)n(Cc1cc([N+](=O)[O-])ccc1O)n2S(=O)(=O)c1ccc(Cl)cc1.COc1ccc2c(c1)c(=O)n(Cc1cc([N+](=O)[O-])ccc1O)n2S(=O)(=O)c1ccc(F)cc1. The second-order valence-corrected chi connectivity index (χ2v) is 18.0. The number of halogens is 2. The van der Waals surface area contributed by atoms with Crippen LogP contribution in [-0.4, -0.2) is 68.7 Å². The highest BCUT2D eigenvalue weighted by Crippen LogP contribution is 2.30. The minimum absolute atomic E-state index is 0.00459. The number of nitro groups is 2. The largest absolute Gasteiger partial charge is 0.508 e. The van der Waals surface area contributed by atoms with Crippen LogP contribution in [0.1, 0.15) is 11.1 Å². The Bertz CT molecular complexity index is 3350. The number of aromatic hydroxyl groups is 2. The fraction of sp³-hybridized carbons (Fsp3) is 0.0952. The van der Waals surface area contributed by atoms with Gasteiger partial charge in [-0.3, -0.25) is 29.8 Å². The number of hydrogen-bond donors (Lipinski definition) is 2. The van der Waals surface area contributed by atoms with Gasteiger partial charge in [-0.1, -0.05) is 11.6 Å². The van der Waals surface area contributed by atoms with Gasteiger partial charge in [0.25, 0.3) is 42.5 Å². The Kier molecular flexibility index (Phi) is 12.4. The van der Waals surface area contributed by atoms with Crippen LogP contribution in [-0.2, 0) is 33.1 Å². The molecule has 0 bridgehead atoms. The Balaban J connectivity index is 0.000000196. The fourth-order valence-electron chi connectivity index (χ4n) is 6.81. The highest BCUT2D eigenvalue weighted by molar-refractivity contribution is 7.90. The van der Waals surface area contributed by atoms with Crippen LogP contribution in [0.25, 0.3) is 21.8 Å². The quantitative estimate of drug-likeness (QED) is 0.102. The van der Waals surface area contributed by atoms with Crippen LogP contribution < -0.4 is 20.6 Å². The number of nitrogens with zero attached hydrogens (tertiary/aromatic N) is 6. The van der Waals surface area contributed by atoms with E-state index in [1.165, 1.54) is 74.9 Å². The van der Waals surface area contributed by atoms with Crippen molar-refractivity contribution < 1.29 is 50.8 Å². The third-order valence-corrected chi connectivity index (χ3v) is 13.7. The van der Waals surface area contributed by atoms with Crippen molar-refractivity contribution in [1.82, 2.24) is 17.5 Å². The Morgan fingerprint density at radius 3 is 1.33 bits per heavy atom. The molecule has 24 heteroatoms. The summed E-state index contributed by atoms with van der Waals surface area (Å²) >= 11 is 5.88. The van der Waals surface area contributed by atoms with E-state index >= 15 is 0 Å². The second kappa shape index (κ2) is 17.9. The van der Waals surface area contributed by atoms with E-state index in [9.17, 15) is 61.3 Å². The van der Waals surface area contributed by atoms with E-state index in [-0.39, 0.29) is 65.6 Å². The first-order chi connectivity index (χ1) is 31.3. The summed E-state index contributed by atoms with van der Waals surface area (Å²) in [5, 5.41) is 43.1. The number of aromatic nitrogens is 4. The molecule has 2 aromatic heterocycles. The van der Waals surface area contributed by atoms with Gasteiger partial charge >= 0.3 is 0 Å². The maximum atomic E-state index is 13.6. The molecule has 2 heterocycles. The van der Waals surface area contributed by atoms with Crippen molar-refractivity contribution in [3.63, 3.8) is 0 Å². The van der Waals surface area contributed by atoms with Crippen LogP contribution >= 0.6 is 11.6 Å². The van der Waals surface area contributed by atoms with E-state index in [1.807, 2.05) is 0 Å². The number of phenols is 2. The van der Waals surface area contributed by atoms with Crippen molar-refractivity contribution in [2.24, 2.45) is 0 Å². The molecule has 0 spiro atoms. The van der Waals surface area contributed by atoms with Gasteiger partial charge in [0.15, 0.2) is 0 Å². The van der Waals surface area contributed by atoms with Crippen molar-refractivity contribution >= 4 is 64.8 Å². The van der Waals surface area contributed by atoms with Gasteiger partial charge in [0.2, 0.25) is 0 Å². The summed E-state index contributed by atoms with van der Waals surface area (Å²) in [6.45, 7) is -0.945. The van der Waals surface area contributed by atoms with Crippen LogP contribution in [0.4, 0.5) is 15.8 Å². The lowest BCUT2D eigenvalue weighted by Gasteiger charge is -2.14. The molecule has 0 saturated heterocycles. The minimum atomic E-state index is -4.41. The first kappa shape index (κ1) is 46.0. The Morgan fingerprint density at radius 2 is 0.970 bits per heavy atom. The zero-order valence-electron chi connectivity index (χ0n) is 34.0. The van der Waals surface area contributed by atoms with Crippen molar-refractivity contribution in [3.8, 4) is 23.0 Å². The lowest BCUT2D eigenvalue weighted by molar-refractivity contribution is -0.385. The molecule has 0 amide bonds. The number of hydrogen-bond acceptors (Lipinski definition) is 14. The van der Waals surface area contributed by atoms with Crippen LogP contribution in [0, 0.1) is 26.0 Å². The predicted molar refractivity (Wildman–Crippen MR) is 236 cm³/mol.